The summed E-state index contributed by atoms with van der Waals surface area (Å²) in [7, 11) is 0. The topological polar surface area (TPSA) is 83.8 Å². The number of ketones is 1. The van der Waals surface area contributed by atoms with Crippen LogP contribution >= 0.6 is 0 Å². The van der Waals surface area contributed by atoms with Gasteiger partial charge < -0.3 is 14.9 Å². The summed E-state index contributed by atoms with van der Waals surface area (Å²) >= 11 is 0. The van der Waals surface area contributed by atoms with Gasteiger partial charge in [0.15, 0.2) is 6.10 Å². The van der Waals surface area contributed by atoms with E-state index in [4.69, 9.17) is 4.74 Å². The van der Waals surface area contributed by atoms with Gasteiger partial charge in [0.2, 0.25) is 5.78 Å². The van der Waals surface area contributed by atoms with Crippen molar-refractivity contribution in [2.45, 2.75) is 110 Å². The van der Waals surface area contributed by atoms with Gasteiger partial charge in [-0.3, -0.25) is 9.59 Å². The number of phenols is 2. The lowest BCUT2D eigenvalue weighted by Crippen LogP contribution is -2.24. The van der Waals surface area contributed by atoms with Gasteiger partial charge in [-0.25, -0.2) is 0 Å². The van der Waals surface area contributed by atoms with Crippen molar-refractivity contribution in [3.8, 4) is 11.5 Å². The van der Waals surface area contributed by atoms with Crippen LogP contribution in [0.4, 0.5) is 0 Å². The Kier molecular flexibility index (Phi) is 10.8. The van der Waals surface area contributed by atoms with Crippen LogP contribution in [0.1, 0.15) is 136 Å². The molecule has 1 aliphatic rings. The van der Waals surface area contributed by atoms with Gasteiger partial charge >= 0.3 is 5.97 Å². The Balaban J connectivity index is 1.45. The fourth-order valence-electron chi connectivity index (χ4n) is 5.17. The lowest BCUT2D eigenvalue weighted by Gasteiger charge is -2.28. The molecule has 3 rings (SSSR count). The molecule has 36 heavy (non-hydrogen) atoms. The van der Waals surface area contributed by atoms with Crippen LogP contribution in [-0.2, 0) is 9.53 Å². The van der Waals surface area contributed by atoms with Crippen molar-refractivity contribution < 1.29 is 24.5 Å². The zero-order chi connectivity index (χ0) is 25.9. The highest BCUT2D eigenvalue weighted by molar-refractivity contribution is 6.15. The van der Waals surface area contributed by atoms with E-state index in [0.29, 0.717) is 17.5 Å². The average Bonchev–Trinajstić information content (AvgIpc) is 2.84. The molecule has 2 aromatic carbocycles. The lowest BCUT2D eigenvalue weighted by molar-refractivity contribution is -0.147. The lowest BCUT2D eigenvalue weighted by atomic mass is 9.81. The van der Waals surface area contributed by atoms with E-state index in [0.717, 1.165) is 24.8 Å². The second-order valence-electron chi connectivity index (χ2n) is 10.2. The van der Waals surface area contributed by atoms with Crippen molar-refractivity contribution in [2.24, 2.45) is 0 Å². The van der Waals surface area contributed by atoms with E-state index in [9.17, 15) is 19.8 Å². The first-order chi connectivity index (χ1) is 17.4. The summed E-state index contributed by atoms with van der Waals surface area (Å²) in [6, 6.07) is 8.03. The van der Waals surface area contributed by atoms with E-state index < -0.39 is 11.9 Å². The van der Waals surface area contributed by atoms with Crippen molar-refractivity contribution >= 4 is 11.8 Å². The molecule has 1 aliphatic carbocycles. The minimum absolute atomic E-state index is 0.0860. The van der Waals surface area contributed by atoms with Crippen molar-refractivity contribution in [3.05, 3.63) is 58.1 Å². The Morgan fingerprint density at radius 3 is 1.94 bits per heavy atom. The minimum atomic E-state index is -0.833. The molecule has 1 atom stereocenters. The Bertz CT molecular complexity index is 1030. The van der Waals surface area contributed by atoms with Gasteiger partial charge in [-0.15, -0.1) is 0 Å². The second kappa shape index (κ2) is 14.1. The summed E-state index contributed by atoms with van der Waals surface area (Å²) in [6.07, 6.45) is 15.6. The molecule has 2 N–H and O–H groups in total. The summed E-state index contributed by atoms with van der Waals surface area (Å²) in [6.45, 7) is 4.07. The molecule has 5 nitrogen and oxygen atoms in total. The van der Waals surface area contributed by atoms with Gasteiger partial charge in [-0.05, 0) is 31.0 Å². The molecule has 0 fully saturated rings. The van der Waals surface area contributed by atoms with Crippen LogP contribution in [0.3, 0.4) is 0 Å². The predicted molar refractivity (Wildman–Crippen MR) is 143 cm³/mol. The normalized spacial score (nSPS) is 14.4. The molecule has 0 spiro atoms. The number of carbonyl (C=O) groups is 2. The van der Waals surface area contributed by atoms with Gasteiger partial charge in [0, 0.05) is 17.5 Å². The monoisotopic (exact) mass is 494 g/mol. The van der Waals surface area contributed by atoms with Crippen LogP contribution in [0, 0.1) is 6.92 Å². The molecular formula is C31H42O5. The molecule has 0 bridgehead atoms. The molecule has 0 unspecified atom stereocenters. The van der Waals surface area contributed by atoms with Crippen LogP contribution < -0.4 is 0 Å². The van der Waals surface area contributed by atoms with E-state index in [-0.39, 0.29) is 28.6 Å². The Morgan fingerprint density at radius 1 is 0.778 bits per heavy atom. The largest absolute Gasteiger partial charge is 0.507 e. The summed E-state index contributed by atoms with van der Waals surface area (Å²) in [5, 5.41) is 20.8. The predicted octanol–water partition coefficient (Wildman–Crippen LogP) is 8.06. The van der Waals surface area contributed by atoms with E-state index in [1.54, 1.807) is 18.2 Å². The quantitative estimate of drug-likeness (QED) is 0.193. The van der Waals surface area contributed by atoms with Crippen LogP contribution in [0.2, 0.25) is 0 Å². The number of fused-ring (bicyclic) bond motifs is 2. The maximum atomic E-state index is 13.0. The Morgan fingerprint density at radius 2 is 1.33 bits per heavy atom. The number of rotatable bonds is 15. The highest BCUT2D eigenvalue weighted by Crippen LogP contribution is 2.44. The molecule has 0 saturated carbocycles. The third-order valence-corrected chi connectivity index (χ3v) is 7.12. The summed E-state index contributed by atoms with van der Waals surface area (Å²) < 4.78 is 5.85. The van der Waals surface area contributed by atoms with Crippen LogP contribution in [-0.4, -0.2) is 22.0 Å². The number of benzene rings is 2. The number of aromatic hydroxyl groups is 2. The summed E-state index contributed by atoms with van der Waals surface area (Å²) in [4.78, 5) is 25.8. The van der Waals surface area contributed by atoms with Crippen molar-refractivity contribution in [2.75, 3.05) is 0 Å². The van der Waals surface area contributed by atoms with E-state index in [1.165, 1.54) is 76.3 Å². The number of hydrogen-bond acceptors (Lipinski definition) is 5. The molecule has 0 aliphatic heterocycles. The fraction of sp³-hybridized carbons (Fsp3) is 0.548. The molecule has 0 radical (unpaired) electrons. The van der Waals surface area contributed by atoms with Gasteiger partial charge in [0.1, 0.15) is 11.5 Å². The number of hydrogen-bond donors (Lipinski definition) is 2. The molecular weight excluding hydrogens is 452 g/mol. The molecule has 0 saturated heterocycles. The first-order valence-corrected chi connectivity index (χ1v) is 13.8. The van der Waals surface area contributed by atoms with E-state index in [1.807, 2.05) is 6.92 Å². The number of esters is 1. The highest BCUT2D eigenvalue weighted by atomic mass is 16.5. The molecule has 196 valence electrons. The average molecular weight is 495 g/mol. The Labute approximate surface area is 215 Å². The van der Waals surface area contributed by atoms with Crippen LogP contribution in [0.25, 0.3) is 0 Å². The molecule has 0 heterocycles. The van der Waals surface area contributed by atoms with Crippen molar-refractivity contribution in [3.63, 3.8) is 0 Å². The maximum Gasteiger partial charge on any atom is 0.306 e. The Hall–Kier alpha value is -2.82. The number of aryl methyl sites for hydroxylation is 1. The maximum absolute atomic E-state index is 13.0. The highest BCUT2D eigenvalue weighted by Gasteiger charge is 2.37. The summed E-state index contributed by atoms with van der Waals surface area (Å²) in [5.74, 6) is -1.14. The zero-order valence-electron chi connectivity index (χ0n) is 22.0. The van der Waals surface area contributed by atoms with E-state index >= 15 is 0 Å². The standard InChI is InChI=1S/C31H42O5/c1-3-4-5-6-7-8-9-10-11-12-13-14-15-19-27(34)36-31-23-17-16-18-25(32)28(23)30(35)29-24(31)20-22(2)21-26(29)33/h16-18,20-21,31-33H,3-15,19H2,1-2H3/t31-/m0/s1. The van der Waals surface area contributed by atoms with Gasteiger partial charge in [0.05, 0.1) is 11.1 Å². The SMILES string of the molecule is CCCCCCCCCCCCCCCC(=O)O[C@H]1c2cccc(O)c2C(=O)c2c(O)cc(C)cc21. The third kappa shape index (κ3) is 7.35. The number of ether oxygens (including phenoxy) is 1. The van der Waals surface area contributed by atoms with Crippen LogP contribution in [0.15, 0.2) is 30.3 Å². The fourth-order valence-corrected chi connectivity index (χ4v) is 5.17. The van der Waals surface area contributed by atoms with Crippen molar-refractivity contribution in [1.29, 1.82) is 0 Å². The molecule has 5 heteroatoms. The second-order valence-corrected chi connectivity index (χ2v) is 10.2. The molecule has 0 amide bonds. The first-order valence-electron chi connectivity index (χ1n) is 13.8. The first kappa shape index (κ1) is 27.8. The van der Waals surface area contributed by atoms with Gasteiger partial charge in [0.25, 0.3) is 0 Å². The summed E-state index contributed by atoms with van der Waals surface area (Å²) in [5.41, 5.74) is 1.86. The van der Waals surface area contributed by atoms with Crippen molar-refractivity contribution in [1.82, 2.24) is 0 Å². The van der Waals surface area contributed by atoms with Crippen LogP contribution in [0.5, 0.6) is 11.5 Å². The van der Waals surface area contributed by atoms with Gasteiger partial charge in [-0.2, -0.15) is 0 Å². The number of unbranched alkanes of at least 4 members (excludes halogenated alkanes) is 12. The molecule has 2 aromatic rings. The smallest absolute Gasteiger partial charge is 0.306 e. The third-order valence-electron chi connectivity index (χ3n) is 7.12. The van der Waals surface area contributed by atoms with E-state index in [2.05, 4.69) is 6.92 Å². The minimum Gasteiger partial charge on any atom is -0.507 e. The number of phenolic OH excluding ortho intramolecular Hbond substituents is 2. The number of carbonyl (C=O) groups excluding carboxylic acids is 2. The molecule has 0 aromatic heterocycles. The zero-order valence-corrected chi connectivity index (χ0v) is 22.0. The van der Waals surface area contributed by atoms with Gasteiger partial charge in [-0.1, -0.05) is 102 Å².